The Hall–Kier alpha value is -2.78. The number of nitrogens with one attached hydrogen (secondary N) is 2. The molecular formula is C19H22FN3O4S. The van der Waals surface area contributed by atoms with Crippen molar-refractivity contribution in [1.29, 1.82) is 0 Å². The van der Waals surface area contributed by atoms with E-state index in [9.17, 15) is 22.4 Å². The van der Waals surface area contributed by atoms with Crippen LogP contribution in [0.25, 0.3) is 0 Å². The number of nitrogens with zero attached hydrogens (tertiary/aromatic N) is 1. The molecule has 0 spiro atoms. The highest BCUT2D eigenvalue weighted by molar-refractivity contribution is 7.88. The van der Waals surface area contributed by atoms with Crippen LogP contribution in [0.1, 0.15) is 19.4 Å². The smallest absolute Gasteiger partial charge is 0.239 e. The van der Waals surface area contributed by atoms with E-state index in [1.54, 1.807) is 31.2 Å². The number of hydrogen-bond donors (Lipinski definition) is 2. The SMILES string of the molecule is CCN(CC(=O)Nc1ccc(NC(C)=O)cc1)S(=O)(=O)Cc1cccc(F)c1. The average Bonchev–Trinajstić information content (AvgIpc) is 2.60. The zero-order chi connectivity index (χ0) is 20.7. The van der Waals surface area contributed by atoms with E-state index in [-0.39, 0.29) is 19.0 Å². The van der Waals surface area contributed by atoms with E-state index < -0.39 is 27.5 Å². The van der Waals surface area contributed by atoms with Crippen molar-refractivity contribution in [2.24, 2.45) is 0 Å². The molecule has 0 aromatic heterocycles. The molecule has 2 aromatic carbocycles. The molecule has 0 saturated heterocycles. The minimum absolute atomic E-state index is 0.104. The molecule has 0 fully saturated rings. The molecule has 9 heteroatoms. The summed E-state index contributed by atoms with van der Waals surface area (Å²) in [4.78, 5) is 23.3. The first kappa shape index (κ1) is 21.5. The van der Waals surface area contributed by atoms with Crippen LogP contribution in [0, 0.1) is 5.82 Å². The molecule has 0 aliphatic rings. The number of carbonyl (C=O) groups is 2. The highest BCUT2D eigenvalue weighted by Crippen LogP contribution is 2.15. The van der Waals surface area contributed by atoms with Gasteiger partial charge in [-0.1, -0.05) is 19.1 Å². The van der Waals surface area contributed by atoms with E-state index in [4.69, 9.17) is 0 Å². The summed E-state index contributed by atoms with van der Waals surface area (Å²) in [5.41, 5.74) is 1.36. The van der Waals surface area contributed by atoms with Crippen LogP contribution in [0.15, 0.2) is 48.5 Å². The van der Waals surface area contributed by atoms with Crippen LogP contribution in [0.3, 0.4) is 0 Å². The Bertz CT molecular complexity index is 946. The second-order valence-electron chi connectivity index (χ2n) is 6.12. The number of rotatable bonds is 8. The average molecular weight is 407 g/mol. The molecule has 2 amide bonds. The van der Waals surface area contributed by atoms with Crippen molar-refractivity contribution in [3.05, 3.63) is 59.9 Å². The Kier molecular flexibility index (Phi) is 7.24. The molecule has 28 heavy (non-hydrogen) atoms. The van der Waals surface area contributed by atoms with Gasteiger partial charge in [0, 0.05) is 24.8 Å². The topological polar surface area (TPSA) is 95.6 Å². The van der Waals surface area contributed by atoms with Gasteiger partial charge in [-0.2, -0.15) is 4.31 Å². The van der Waals surface area contributed by atoms with Crippen molar-refractivity contribution < 1.29 is 22.4 Å². The first-order valence-corrected chi connectivity index (χ1v) is 10.2. The number of amides is 2. The molecule has 0 aliphatic heterocycles. The van der Waals surface area contributed by atoms with Crippen LogP contribution < -0.4 is 10.6 Å². The summed E-state index contributed by atoms with van der Waals surface area (Å²) in [5, 5.41) is 5.22. The summed E-state index contributed by atoms with van der Waals surface area (Å²) in [6, 6.07) is 11.8. The van der Waals surface area contributed by atoms with Gasteiger partial charge in [0.1, 0.15) is 5.82 Å². The lowest BCUT2D eigenvalue weighted by molar-refractivity contribution is -0.116. The Balaban J connectivity index is 2.00. The number of halogens is 1. The van der Waals surface area contributed by atoms with Gasteiger partial charge in [0.05, 0.1) is 12.3 Å². The maximum atomic E-state index is 13.3. The third kappa shape index (κ3) is 6.43. The molecule has 0 atom stereocenters. The molecule has 0 saturated carbocycles. The zero-order valence-corrected chi connectivity index (χ0v) is 16.4. The molecule has 0 aliphatic carbocycles. The van der Waals surface area contributed by atoms with Crippen LogP contribution >= 0.6 is 0 Å². The predicted molar refractivity (Wildman–Crippen MR) is 106 cm³/mol. The minimum Gasteiger partial charge on any atom is -0.326 e. The van der Waals surface area contributed by atoms with Gasteiger partial charge >= 0.3 is 0 Å². The van der Waals surface area contributed by atoms with Gasteiger partial charge in [-0.15, -0.1) is 0 Å². The molecule has 0 unspecified atom stereocenters. The van der Waals surface area contributed by atoms with E-state index >= 15 is 0 Å². The van der Waals surface area contributed by atoms with Crippen molar-refractivity contribution >= 4 is 33.2 Å². The van der Waals surface area contributed by atoms with E-state index in [2.05, 4.69) is 10.6 Å². The second kappa shape index (κ2) is 9.43. The summed E-state index contributed by atoms with van der Waals surface area (Å²) in [6.07, 6.45) is 0. The molecular weight excluding hydrogens is 385 g/mol. The molecule has 7 nitrogen and oxygen atoms in total. The number of likely N-dealkylation sites (N-methyl/N-ethyl adjacent to an activating group) is 1. The monoisotopic (exact) mass is 407 g/mol. The Morgan fingerprint density at radius 2 is 1.64 bits per heavy atom. The number of carbonyl (C=O) groups excluding carboxylic acids is 2. The fraction of sp³-hybridized carbons (Fsp3) is 0.263. The third-order valence-corrected chi connectivity index (χ3v) is 5.67. The van der Waals surface area contributed by atoms with E-state index in [1.807, 2.05) is 0 Å². The maximum absolute atomic E-state index is 13.3. The highest BCUT2D eigenvalue weighted by Gasteiger charge is 2.23. The van der Waals surface area contributed by atoms with Gasteiger partial charge < -0.3 is 10.6 Å². The summed E-state index contributed by atoms with van der Waals surface area (Å²) in [5.74, 6) is -1.62. The lowest BCUT2D eigenvalue weighted by Crippen LogP contribution is -2.38. The van der Waals surface area contributed by atoms with Gasteiger partial charge in [-0.05, 0) is 42.0 Å². The summed E-state index contributed by atoms with van der Waals surface area (Å²) >= 11 is 0. The summed E-state index contributed by atoms with van der Waals surface area (Å²) in [6.45, 7) is 2.76. The van der Waals surface area contributed by atoms with Crippen LogP contribution in [0.2, 0.25) is 0 Å². The highest BCUT2D eigenvalue weighted by atomic mass is 32.2. The first-order chi connectivity index (χ1) is 13.2. The third-order valence-electron chi connectivity index (χ3n) is 3.79. The van der Waals surface area contributed by atoms with Crippen molar-refractivity contribution in [3.8, 4) is 0 Å². The lowest BCUT2D eigenvalue weighted by atomic mass is 10.2. The predicted octanol–water partition coefficient (Wildman–Crippen LogP) is 2.57. The quantitative estimate of drug-likeness (QED) is 0.703. The van der Waals surface area contributed by atoms with Crippen molar-refractivity contribution in [2.45, 2.75) is 19.6 Å². The van der Waals surface area contributed by atoms with Crippen molar-refractivity contribution in [2.75, 3.05) is 23.7 Å². The lowest BCUT2D eigenvalue weighted by Gasteiger charge is -2.20. The van der Waals surface area contributed by atoms with Crippen molar-refractivity contribution in [3.63, 3.8) is 0 Å². The Morgan fingerprint density at radius 3 is 2.18 bits per heavy atom. The molecule has 0 heterocycles. The minimum atomic E-state index is -3.79. The number of sulfonamides is 1. The van der Waals surface area contributed by atoms with Crippen LogP contribution in [-0.4, -0.2) is 37.6 Å². The van der Waals surface area contributed by atoms with Gasteiger partial charge in [0.15, 0.2) is 0 Å². The fourth-order valence-electron chi connectivity index (χ4n) is 2.54. The molecule has 0 radical (unpaired) electrons. The van der Waals surface area contributed by atoms with Gasteiger partial charge in [-0.3, -0.25) is 9.59 Å². The van der Waals surface area contributed by atoms with E-state index in [0.717, 1.165) is 10.4 Å². The van der Waals surface area contributed by atoms with E-state index in [0.29, 0.717) is 16.9 Å². The Labute approximate surface area is 163 Å². The molecule has 2 N–H and O–H groups in total. The number of benzene rings is 2. The summed E-state index contributed by atoms with van der Waals surface area (Å²) in [7, 11) is -3.79. The first-order valence-electron chi connectivity index (χ1n) is 8.59. The largest absolute Gasteiger partial charge is 0.326 e. The number of hydrogen-bond acceptors (Lipinski definition) is 4. The molecule has 2 aromatic rings. The van der Waals surface area contributed by atoms with Crippen LogP contribution in [0.4, 0.5) is 15.8 Å². The van der Waals surface area contributed by atoms with Gasteiger partial charge in [-0.25, -0.2) is 12.8 Å². The second-order valence-corrected chi connectivity index (χ2v) is 8.09. The fourth-order valence-corrected chi connectivity index (χ4v) is 4.03. The zero-order valence-electron chi connectivity index (χ0n) is 15.6. The Morgan fingerprint density at radius 1 is 1.04 bits per heavy atom. The van der Waals surface area contributed by atoms with E-state index in [1.165, 1.54) is 25.1 Å². The molecule has 0 bridgehead atoms. The van der Waals surface area contributed by atoms with Gasteiger partial charge in [0.25, 0.3) is 0 Å². The van der Waals surface area contributed by atoms with Gasteiger partial charge in [0.2, 0.25) is 21.8 Å². The standard InChI is InChI=1S/C19H22FN3O4S/c1-3-23(28(26,27)13-15-5-4-6-16(20)11-15)12-19(25)22-18-9-7-17(8-10-18)21-14(2)24/h4-11H,3,12-13H2,1-2H3,(H,21,24)(H,22,25). The van der Waals surface area contributed by atoms with Crippen LogP contribution in [0.5, 0.6) is 0 Å². The molecule has 2 rings (SSSR count). The molecule has 150 valence electrons. The maximum Gasteiger partial charge on any atom is 0.239 e. The van der Waals surface area contributed by atoms with Crippen molar-refractivity contribution in [1.82, 2.24) is 4.31 Å². The number of anilines is 2. The summed E-state index contributed by atoms with van der Waals surface area (Å²) < 4.78 is 39.4. The normalized spacial score (nSPS) is 11.3. The van der Waals surface area contributed by atoms with Crippen LogP contribution in [-0.2, 0) is 25.4 Å².